The second kappa shape index (κ2) is 11.9. The second-order valence-electron chi connectivity index (χ2n) is 10.7. The predicted molar refractivity (Wildman–Crippen MR) is 148 cm³/mol. The third-order valence-electron chi connectivity index (χ3n) is 8.29. The molecule has 1 fully saturated rings. The fraction of sp³-hybridized carbons (Fsp3) is 0.517. The van der Waals surface area contributed by atoms with Crippen LogP contribution < -0.4 is 16.6 Å². The smallest absolute Gasteiger partial charge is 0.305 e. The van der Waals surface area contributed by atoms with Crippen molar-refractivity contribution in [1.29, 1.82) is 0 Å². The molecule has 8 rings (SSSR count). The Labute approximate surface area is 229 Å². The molecule has 0 aliphatic carbocycles. The molecule has 6 heterocycles. The van der Waals surface area contributed by atoms with Crippen molar-refractivity contribution < 1.29 is 24.2 Å². The molecule has 0 radical (unpaired) electrons. The van der Waals surface area contributed by atoms with E-state index in [2.05, 4.69) is 4.90 Å². The molecule has 0 saturated carbocycles. The molecular formula is C29H39N5O5. The number of hydrogen-bond donors (Lipinski definition) is 3. The Balaban J connectivity index is 1.48. The van der Waals surface area contributed by atoms with Crippen LogP contribution >= 0.6 is 0 Å². The normalized spacial score (nSPS) is 24.5. The summed E-state index contributed by atoms with van der Waals surface area (Å²) in [5.74, 6) is 5.50. The maximum atomic E-state index is 13.4. The van der Waals surface area contributed by atoms with Crippen molar-refractivity contribution in [3.8, 4) is 0 Å². The molecule has 10 nitrogen and oxygen atoms in total. The number of aliphatic carboxylic acids is 1. The fourth-order valence-corrected chi connectivity index (χ4v) is 5.99. The van der Waals surface area contributed by atoms with Crippen molar-refractivity contribution >= 4 is 23.3 Å². The largest absolute Gasteiger partial charge is 0.481 e. The Kier molecular flexibility index (Phi) is 8.37. The Morgan fingerprint density at radius 3 is 2.62 bits per heavy atom. The number of nitrogen functional groups attached to an aromatic ring is 1. The van der Waals surface area contributed by atoms with Crippen molar-refractivity contribution in [2.24, 2.45) is 5.84 Å². The van der Waals surface area contributed by atoms with Crippen LogP contribution in [0.2, 0.25) is 0 Å². The fourth-order valence-electron chi connectivity index (χ4n) is 5.99. The lowest BCUT2D eigenvalue weighted by molar-refractivity contribution is -0.138. The van der Waals surface area contributed by atoms with Crippen LogP contribution in [-0.4, -0.2) is 78.9 Å². The summed E-state index contributed by atoms with van der Waals surface area (Å²) >= 11 is 0. The molecule has 0 aromatic heterocycles. The van der Waals surface area contributed by atoms with E-state index in [9.17, 15) is 14.7 Å². The van der Waals surface area contributed by atoms with Crippen molar-refractivity contribution in [1.82, 2.24) is 9.80 Å². The van der Waals surface area contributed by atoms with Gasteiger partial charge in [-0.25, -0.2) is 5.84 Å². The summed E-state index contributed by atoms with van der Waals surface area (Å²) in [6.45, 7) is 6.34. The van der Waals surface area contributed by atoms with E-state index in [4.69, 9.17) is 21.1 Å². The number of anilines is 2. The van der Waals surface area contributed by atoms with Gasteiger partial charge in [-0.2, -0.15) is 0 Å². The molecule has 6 aliphatic rings. The van der Waals surface area contributed by atoms with Gasteiger partial charge in [0.25, 0.3) is 5.91 Å². The van der Waals surface area contributed by atoms with E-state index in [1.54, 1.807) is 5.01 Å². The first-order valence-electron chi connectivity index (χ1n) is 13.8. The van der Waals surface area contributed by atoms with Gasteiger partial charge >= 0.3 is 5.97 Å². The van der Waals surface area contributed by atoms with Gasteiger partial charge in [0, 0.05) is 37.8 Å². The third-order valence-corrected chi connectivity index (χ3v) is 8.29. The van der Waals surface area contributed by atoms with Crippen LogP contribution in [-0.2, 0) is 27.2 Å². The predicted octanol–water partition coefficient (Wildman–Crippen LogP) is 2.48. The highest BCUT2D eigenvalue weighted by Crippen LogP contribution is 2.37. The Morgan fingerprint density at radius 2 is 1.85 bits per heavy atom. The van der Waals surface area contributed by atoms with Crippen LogP contribution in [0, 0.1) is 6.92 Å². The maximum Gasteiger partial charge on any atom is 0.305 e. The second-order valence-corrected chi connectivity index (χ2v) is 10.7. The van der Waals surface area contributed by atoms with Crippen LogP contribution in [0.3, 0.4) is 0 Å². The number of piperidine rings is 1. The number of rotatable bonds is 2. The molecule has 0 spiro atoms. The van der Waals surface area contributed by atoms with E-state index < -0.39 is 5.97 Å². The third kappa shape index (κ3) is 6.04. The van der Waals surface area contributed by atoms with Crippen LogP contribution in [0.1, 0.15) is 57.9 Å². The van der Waals surface area contributed by atoms with Gasteiger partial charge in [-0.3, -0.25) is 14.5 Å². The SMILES string of the molecule is Cc1c2ccc(c1N)N(N)CCOCCOC1CCN(CC1)C(=O)c1ccc3c(c1)CN(CC3)C2CC(=O)O. The van der Waals surface area contributed by atoms with Crippen molar-refractivity contribution in [2.45, 2.75) is 51.3 Å². The number of amides is 1. The average molecular weight is 538 g/mol. The number of ether oxygens (including phenoxy) is 2. The lowest BCUT2D eigenvalue weighted by Gasteiger charge is -2.37. The van der Waals surface area contributed by atoms with Crippen molar-refractivity contribution in [3.63, 3.8) is 0 Å². The summed E-state index contributed by atoms with van der Waals surface area (Å²) in [5.41, 5.74) is 12.4. The number of hydrazine groups is 1. The minimum Gasteiger partial charge on any atom is -0.481 e. The lowest BCUT2D eigenvalue weighted by Crippen LogP contribution is -2.41. The highest BCUT2D eigenvalue weighted by Gasteiger charge is 2.30. The van der Waals surface area contributed by atoms with Crippen molar-refractivity contribution in [2.75, 3.05) is 56.7 Å². The molecule has 1 amide bonds. The minimum absolute atomic E-state index is 0.0338. The van der Waals surface area contributed by atoms with E-state index in [0.29, 0.717) is 69.5 Å². The van der Waals surface area contributed by atoms with Gasteiger partial charge in [-0.1, -0.05) is 12.1 Å². The summed E-state index contributed by atoms with van der Waals surface area (Å²) in [7, 11) is 0. The first kappa shape index (κ1) is 27.4. The topological polar surface area (TPSA) is 135 Å². The molecule has 39 heavy (non-hydrogen) atoms. The average Bonchev–Trinajstić information content (AvgIpc) is 2.94. The van der Waals surface area contributed by atoms with Gasteiger partial charge in [-0.05, 0) is 66.6 Å². The standard InChI is InChI=1S/C29H39N5O5/c1-19-24-4-5-25(28(19)30)34(31)12-13-38-14-15-39-23-7-10-32(11-8-23)29(37)21-3-2-20-6-9-33(18-22(20)16-21)26(24)17-27(35)36/h2-5,16,23,26H,6-15,17-18,30-31H2,1H3,(H,35,36). The van der Waals surface area contributed by atoms with Crippen LogP contribution in [0.15, 0.2) is 30.3 Å². The molecule has 1 saturated heterocycles. The van der Waals surface area contributed by atoms with Gasteiger partial charge in [0.2, 0.25) is 0 Å². The van der Waals surface area contributed by atoms with Gasteiger partial charge in [0.05, 0.1) is 50.3 Å². The van der Waals surface area contributed by atoms with Gasteiger partial charge in [0.1, 0.15) is 0 Å². The molecule has 2 atom stereocenters. The van der Waals surface area contributed by atoms with Crippen LogP contribution in [0.5, 0.6) is 0 Å². The first-order chi connectivity index (χ1) is 18.8. The van der Waals surface area contributed by atoms with Crippen LogP contribution in [0.4, 0.5) is 11.4 Å². The maximum absolute atomic E-state index is 13.4. The van der Waals surface area contributed by atoms with Crippen LogP contribution in [0.25, 0.3) is 0 Å². The van der Waals surface area contributed by atoms with E-state index in [1.807, 2.05) is 42.2 Å². The Hall–Kier alpha value is -3.18. The van der Waals surface area contributed by atoms with E-state index >= 15 is 0 Å². The van der Waals surface area contributed by atoms with Gasteiger partial charge in [-0.15, -0.1) is 0 Å². The lowest BCUT2D eigenvalue weighted by atomic mass is 9.91. The van der Waals surface area contributed by atoms with Gasteiger partial charge in [0.15, 0.2) is 0 Å². The number of benzene rings is 2. The number of hydrogen-bond acceptors (Lipinski definition) is 8. The minimum atomic E-state index is -0.872. The molecular weight excluding hydrogens is 498 g/mol. The Bertz CT molecular complexity index is 1210. The monoisotopic (exact) mass is 537 g/mol. The molecule has 5 N–H and O–H groups in total. The molecule has 10 heteroatoms. The van der Waals surface area contributed by atoms with E-state index in [0.717, 1.165) is 36.0 Å². The zero-order valence-corrected chi connectivity index (χ0v) is 22.6. The highest BCUT2D eigenvalue weighted by atomic mass is 16.5. The number of nitrogens with two attached hydrogens (primary N) is 2. The number of carbonyl (C=O) groups excluding carboxylic acids is 1. The summed E-state index contributed by atoms with van der Waals surface area (Å²) in [4.78, 5) is 29.4. The van der Waals surface area contributed by atoms with Crippen molar-refractivity contribution in [3.05, 3.63) is 58.1 Å². The number of carboxylic acid groups (broad SMARTS) is 1. The quantitative estimate of drug-likeness (QED) is 0.390. The zero-order chi connectivity index (χ0) is 27.5. The summed E-state index contributed by atoms with van der Waals surface area (Å²) in [6.07, 6.45) is 2.44. The zero-order valence-electron chi connectivity index (χ0n) is 22.6. The first-order valence-corrected chi connectivity index (χ1v) is 13.8. The summed E-state index contributed by atoms with van der Waals surface area (Å²) in [6, 6.07) is 9.40. The number of carboxylic acids is 1. The molecule has 6 aliphatic heterocycles. The molecule has 7 bridgehead atoms. The summed E-state index contributed by atoms with van der Waals surface area (Å²) < 4.78 is 11.7. The molecule has 210 valence electrons. The Morgan fingerprint density at radius 1 is 1.05 bits per heavy atom. The number of nitrogens with zero attached hydrogens (tertiary/aromatic N) is 3. The van der Waals surface area contributed by atoms with E-state index in [1.165, 1.54) is 5.56 Å². The molecule has 2 aromatic rings. The van der Waals surface area contributed by atoms with Gasteiger partial charge < -0.3 is 30.2 Å². The number of carbonyl (C=O) groups is 2. The molecule has 2 aromatic carbocycles. The highest BCUT2D eigenvalue weighted by molar-refractivity contribution is 5.94. The van der Waals surface area contributed by atoms with E-state index in [-0.39, 0.29) is 24.5 Å². The summed E-state index contributed by atoms with van der Waals surface area (Å²) in [5, 5.41) is 11.4. The molecule has 2 unspecified atom stereocenters.